The molecule has 2 nitrogen and oxygen atoms in total. The molecule has 2 N–H and O–H groups in total. The van der Waals surface area contributed by atoms with Crippen molar-refractivity contribution in [3.05, 3.63) is 83.4 Å². The average Bonchev–Trinajstić information content (AvgIpc) is 3.35. The molecular formula is C40H56O2. The van der Waals surface area contributed by atoms with Gasteiger partial charge >= 0.3 is 0 Å². The van der Waals surface area contributed by atoms with E-state index in [4.69, 9.17) is 0 Å². The molecule has 2 heteroatoms. The van der Waals surface area contributed by atoms with Crippen LogP contribution in [0.4, 0.5) is 0 Å². The highest BCUT2D eigenvalue weighted by atomic mass is 16.3. The monoisotopic (exact) mass is 568 g/mol. The second-order valence-electron chi connectivity index (χ2n) is 15.9. The Labute approximate surface area is 256 Å². The summed E-state index contributed by atoms with van der Waals surface area (Å²) in [7, 11) is 0. The van der Waals surface area contributed by atoms with E-state index in [-0.39, 0.29) is 17.4 Å². The largest absolute Gasteiger partial charge is 0.393 e. The first kappa shape index (κ1) is 30.1. The highest BCUT2D eigenvalue weighted by Crippen LogP contribution is 2.70. The number of fused-ring (bicyclic) bond motifs is 5. The molecule has 3 fully saturated rings. The number of aliphatic hydroxyl groups excluding tert-OH is 1. The Balaban J connectivity index is 1.46. The molecule has 0 aromatic heterocycles. The summed E-state index contributed by atoms with van der Waals surface area (Å²) in [6.45, 7) is 12.4. The van der Waals surface area contributed by atoms with Crippen LogP contribution in [-0.2, 0) is 5.60 Å². The predicted molar refractivity (Wildman–Crippen MR) is 174 cm³/mol. The summed E-state index contributed by atoms with van der Waals surface area (Å²) in [5, 5.41) is 24.2. The van der Waals surface area contributed by atoms with E-state index in [2.05, 4.69) is 101 Å². The zero-order valence-electron chi connectivity index (χ0n) is 26.9. The predicted octanol–water partition coefficient (Wildman–Crippen LogP) is 9.55. The number of hydrogen-bond acceptors (Lipinski definition) is 2. The molecule has 4 aliphatic rings. The van der Waals surface area contributed by atoms with Crippen molar-refractivity contribution in [1.82, 2.24) is 0 Å². The Bertz CT molecular complexity index is 1190. The van der Waals surface area contributed by atoms with Crippen molar-refractivity contribution in [1.29, 1.82) is 0 Å². The van der Waals surface area contributed by atoms with Gasteiger partial charge in [-0.1, -0.05) is 126 Å². The van der Waals surface area contributed by atoms with Gasteiger partial charge in [-0.3, -0.25) is 0 Å². The van der Waals surface area contributed by atoms with E-state index in [9.17, 15) is 10.2 Å². The summed E-state index contributed by atoms with van der Waals surface area (Å²) in [4.78, 5) is 0. The Morgan fingerprint density at radius 2 is 1.45 bits per heavy atom. The van der Waals surface area contributed by atoms with Gasteiger partial charge in [0.05, 0.1) is 6.10 Å². The fraction of sp³-hybridized carbons (Fsp3) is 0.650. The van der Waals surface area contributed by atoms with Gasteiger partial charge in [-0.2, -0.15) is 0 Å². The smallest absolute Gasteiger partial charge is 0.121 e. The van der Waals surface area contributed by atoms with E-state index in [1.165, 1.54) is 50.5 Å². The van der Waals surface area contributed by atoms with E-state index in [0.717, 1.165) is 48.1 Å². The van der Waals surface area contributed by atoms with Gasteiger partial charge in [-0.15, -0.1) is 0 Å². The van der Waals surface area contributed by atoms with Crippen LogP contribution in [0, 0.1) is 52.3 Å². The molecule has 228 valence electrons. The Morgan fingerprint density at radius 1 is 0.810 bits per heavy atom. The summed E-state index contributed by atoms with van der Waals surface area (Å²) < 4.78 is 0. The molecule has 0 radical (unpaired) electrons. The lowest BCUT2D eigenvalue weighted by Crippen LogP contribution is -2.57. The lowest BCUT2D eigenvalue weighted by atomic mass is 9.43. The molecule has 6 rings (SSSR count). The van der Waals surface area contributed by atoms with Gasteiger partial charge in [-0.05, 0) is 102 Å². The summed E-state index contributed by atoms with van der Waals surface area (Å²) in [6.07, 6.45) is 14.2. The molecule has 0 unspecified atom stereocenters. The maximum atomic E-state index is 13.3. The van der Waals surface area contributed by atoms with Crippen molar-refractivity contribution in [2.75, 3.05) is 0 Å². The van der Waals surface area contributed by atoms with Crippen LogP contribution in [0.25, 0.3) is 0 Å². The van der Waals surface area contributed by atoms with Crippen LogP contribution >= 0.6 is 0 Å². The lowest BCUT2D eigenvalue weighted by Gasteiger charge is -2.62. The molecule has 2 aromatic rings. The fourth-order valence-electron chi connectivity index (χ4n) is 11.0. The first-order valence-electron chi connectivity index (χ1n) is 17.3. The minimum absolute atomic E-state index is 0.0136. The lowest BCUT2D eigenvalue weighted by molar-refractivity contribution is -0.116. The van der Waals surface area contributed by atoms with Crippen LogP contribution in [0.3, 0.4) is 0 Å². The van der Waals surface area contributed by atoms with Crippen LogP contribution in [0.5, 0.6) is 0 Å². The molecule has 42 heavy (non-hydrogen) atoms. The van der Waals surface area contributed by atoms with Crippen molar-refractivity contribution in [2.24, 2.45) is 52.3 Å². The van der Waals surface area contributed by atoms with Crippen molar-refractivity contribution >= 4 is 0 Å². The first-order valence-corrected chi connectivity index (χ1v) is 17.3. The van der Waals surface area contributed by atoms with E-state index < -0.39 is 5.60 Å². The van der Waals surface area contributed by atoms with Crippen molar-refractivity contribution in [3.63, 3.8) is 0 Å². The van der Waals surface area contributed by atoms with Crippen LogP contribution < -0.4 is 0 Å². The minimum atomic E-state index is -1.11. The van der Waals surface area contributed by atoms with Gasteiger partial charge in [0.2, 0.25) is 0 Å². The molecule has 0 amide bonds. The van der Waals surface area contributed by atoms with Crippen molar-refractivity contribution in [3.8, 4) is 0 Å². The Hall–Kier alpha value is -1.90. The summed E-state index contributed by atoms with van der Waals surface area (Å²) >= 11 is 0. The second-order valence-corrected chi connectivity index (χ2v) is 15.9. The molecule has 4 aliphatic carbocycles. The number of hydrogen-bond donors (Lipinski definition) is 2. The molecule has 0 aliphatic heterocycles. The molecule has 0 bridgehead atoms. The summed E-state index contributed by atoms with van der Waals surface area (Å²) in [6, 6.07) is 21.0. The molecule has 3 saturated carbocycles. The normalized spacial score (nSPS) is 37.0. The zero-order valence-corrected chi connectivity index (χ0v) is 26.9. The highest BCUT2D eigenvalue weighted by Gasteiger charge is 2.64. The van der Waals surface area contributed by atoms with Crippen LogP contribution in [0.15, 0.2) is 72.3 Å². The Morgan fingerprint density at radius 3 is 2.07 bits per heavy atom. The van der Waals surface area contributed by atoms with E-state index in [1.54, 1.807) is 0 Å². The second kappa shape index (κ2) is 11.6. The first-order chi connectivity index (χ1) is 20.1. The van der Waals surface area contributed by atoms with Gasteiger partial charge in [0, 0.05) is 5.92 Å². The molecule has 0 spiro atoms. The average molecular weight is 569 g/mol. The SMILES string of the molecule is CC(C)CCC[C@@H](C)[C@H]1CC[C@H]2[C@@H]3[C@H](C(O)(c4ccccc4)c4ccccc4)C=C4C[C@@H](O)CC[C@]4(C)[C@H]3CC[C@]12C. The van der Waals surface area contributed by atoms with Gasteiger partial charge in [0.1, 0.15) is 5.60 Å². The third-order valence-corrected chi connectivity index (χ3v) is 13.2. The zero-order chi connectivity index (χ0) is 29.7. The molecule has 2 aromatic carbocycles. The third-order valence-electron chi connectivity index (χ3n) is 13.2. The van der Waals surface area contributed by atoms with Crippen LogP contribution in [0.2, 0.25) is 0 Å². The van der Waals surface area contributed by atoms with Crippen LogP contribution in [-0.4, -0.2) is 16.3 Å². The Kier molecular flexibility index (Phi) is 8.29. The van der Waals surface area contributed by atoms with Crippen molar-refractivity contribution < 1.29 is 10.2 Å². The van der Waals surface area contributed by atoms with Gasteiger partial charge in [0.15, 0.2) is 0 Å². The minimum Gasteiger partial charge on any atom is -0.393 e. The maximum absolute atomic E-state index is 13.3. The van der Waals surface area contributed by atoms with Gasteiger partial charge < -0.3 is 10.2 Å². The third kappa shape index (κ3) is 4.93. The quantitative estimate of drug-likeness (QED) is 0.311. The molecule has 9 atom stereocenters. The number of aliphatic hydroxyl groups is 2. The summed E-state index contributed by atoms with van der Waals surface area (Å²) in [5.41, 5.74) is 2.75. The van der Waals surface area contributed by atoms with Crippen LogP contribution in [0.1, 0.15) is 110 Å². The van der Waals surface area contributed by atoms with E-state index in [1.807, 2.05) is 0 Å². The van der Waals surface area contributed by atoms with Crippen molar-refractivity contribution in [2.45, 2.75) is 111 Å². The number of benzene rings is 2. The van der Waals surface area contributed by atoms with Gasteiger partial charge in [0.25, 0.3) is 0 Å². The van der Waals surface area contributed by atoms with E-state index >= 15 is 0 Å². The fourth-order valence-corrected chi connectivity index (χ4v) is 11.0. The van der Waals surface area contributed by atoms with E-state index in [0.29, 0.717) is 23.2 Å². The summed E-state index contributed by atoms with van der Waals surface area (Å²) in [5.74, 6) is 3.87. The number of rotatable bonds is 8. The molecular weight excluding hydrogens is 512 g/mol. The maximum Gasteiger partial charge on any atom is 0.121 e. The molecule has 0 heterocycles. The molecule has 0 saturated heterocycles. The topological polar surface area (TPSA) is 40.5 Å². The van der Waals surface area contributed by atoms with Gasteiger partial charge in [-0.25, -0.2) is 0 Å². The highest BCUT2D eigenvalue weighted by molar-refractivity contribution is 5.41. The standard InChI is InChI=1S/C40H56O2/c1-27(2)13-12-14-28(3)33-19-20-34-37-35(22-24-39(33,34)5)38(4)23-21-32(41)25-31(38)26-36(37)40(42,29-15-8-6-9-16-29)30-17-10-7-11-18-30/h6-11,15-18,26-28,32-37,41-42H,12-14,19-25H2,1-5H3/t28-,32+,33-,34+,35+,36-,37+,38+,39-/m1/s1.